The number of halogens is 1. The van der Waals surface area contributed by atoms with E-state index in [2.05, 4.69) is 10.6 Å². The van der Waals surface area contributed by atoms with Gasteiger partial charge in [0.2, 0.25) is 0 Å². The molecule has 0 aliphatic carbocycles. The lowest BCUT2D eigenvalue weighted by Gasteiger charge is -2.21. The van der Waals surface area contributed by atoms with Crippen molar-refractivity contribution >= 4 is 50.5 Å². The van der Waals surface area contributed by atoms with Crippen LogP contribution in [0.1, 0.15) is 40.8 Å². The van der Waals surface area contributed by atoms with Crippen LogP contribution in [0.4, 0.5) is 5.69 Å². The maximum Gasteiger partial charge on any atom is 0.267 e. The van der Waals surface area contributed by atoms with Crippen LogP contribution in [0.2, 0.25) is 5.02 Å². The van der Waals surface area contributed by atoms with Gasteiger partial charge in [-0.05, 0) is 39.0 Å². The number of para-hydroxylation sites is 1. The molecule has 0 radical (unpaired) electrons. The molecule has 0 unspecified atom stereocenters. The summed E-state index contributed by atoms with van der Waals surface area (Å²) < 4.78 is 0.946. The molecule has 0 spiro atoms. The maximum atomic E-state index is 12.7. The lowest BCUT2D eigenvalue weighted by molar-refractivity contribution is 0.0920. The van der Waals surface area contributed by atoms with E-state index in [9.17, 15) is 9.59 Å². The van der Waals surface area contributed by atoms with Gasteiger partial charge in [-0.3, -0.25) is 9.59 Å². The third-order valence-corrected chi connectivity index (χ3v) is 5.32. The fourth-order valence-corrected chi connectivity index (χ4v) is 3.95. The fraction of sp³-hybridized carbons (Fsp3) is 0.200. The van der Waals surface area contributed by atoms with Crippen molar-refractivity contribution in [1.82, 2.24) is 5.32 Å². The van der Waals surface area contributed by atoms with Gasteiger partial charge in [-0.2, -0.15) is 0 Å². The Kier molecular flexibility index (Phi) is 5.03. The van der Waals surface area contributed by atoms with Gasteiger partial charge in [-0.25, -0.2) is 0 Å². The Morgan fingerprint density at radius 3 is 2.31 bits per heavy atom. The van der Waals surface area contributed by atoms with E-state index in [0.717, 1.165) is 10.1 Å². The molecule has 26 heavy (non-hydrogen) atoms. The second-order valence-electron chi connectivity index (χ2n) is 6.95. The number of thiophene rings is 1. The highest BCUT2D eigenvalue weighted by Crippen LogP contribution is 2.35. The van der Waals surface area contributed by atoms with Crippen molar-refractivity contribution in [3.05, 3.63) is 64.0 Å². The molecule has 2 N–H and O–H groups in total. The average Bonchev–Trinajstić information content (AvgIpc) is 2.91. The number of fused-ring (bicyclic) bond motifs is 1. The summed E-state index contributed by atoms with van der Waals surface area (Å²) in [6.45, 7) is 5.72. The Morgan fingerprint density at radius 1 is 0.962 bits per heavy atom. The lowest BCUT2D eigenvalue weighted by Crippen LogP contribution is -2.40. The van der Waals surface area contributed by atoms with Gasteiger partial charge in [0, 0.05) is 15.6 Å². The molecule has 0 atom stereocenters. The average molecular weight is 387 g/mol. The Bertz CT molecular complexity index is 989. The maximum absolute atomic E-state index is 12.7. The molecule has 3 rings (SSSR count). The standard InChI is InChI=1S/C20H19ClN2O2S/c1-20(2,3)23-18(24)12-8-4-6-10-14(12)22-19(25)17-16(21)13-9-5-7-11-15(13)26-17/h4-11H,1-3H3,(H,22,25)(H,23,24). The second kappa shape index (κ2) is 7.09. The first-order chi connectivity index (χ1) is 12.3. The first-order valence-corrected chi connectivity index (χ1v) is 9.35. The minimum atomic E-state index is -0.372. The largest absolute Gasteiger partial charge is 0.347 e. The number of benzene rings is 2. The molecule has 0 aliphatic heterocycles. The SMILES string of the molecule is CC(C)(C)NC(=O)c1ccccc1NC(=O)c1sc2ccccc2c1Cl. The zero-order valence-corrected chi connectivity index (χ0v) is 16.3. The van der Waals surface area contributed by atoms with Crippen molar-refractivity contribution in [3.63, 3.8) is 0 Å². The van der Waals surface area contributed by atoms with Crippen LogP contribution in [-0.4, -0.2) is 17.4 Å². The van der Waals surface area contributed by atoms with Crippen molar-refractivity contribution < 1.29 is 9.59 Å². The summed E-state index contributed by atoms with van der Waals surface area (Å²) in [5.41, 5.74) is 0.490. The molecule has 1 heterocycles. The normalized spacial score (nSPS) is 11.4. The minimum Gasteiger partial charge on any atom is -0.347 e. The third kappa shape index (κ3) is 3.89. The van der Waals surface area contributed by atoms with Crippen LogP contribution in [0.25, 0.3) is 10.1 Å². The molecule has 2 aromatic carbocycles. The van der Waals surface area contributed by atoms with Crippen molar-refractivity contribution in [2.45, 2.75) is 26.3 Å². The topological polar surface area (TPSA) is 58.2 Å². The second-order valence-corrected chi connectivity index (χ2v) is 8.38. The van der Waals surface area contributed by atoms with Crippen LogP contribution in [0.5, 0.6) is 0 Å². The first kappa shape index (κ1) is 18.4. The fourth-order valence-electron chi connectivity index (χ4n) is 2.54. The molecule has 1 aromatic heterocycles. The predicted octanol–water partition coefficient (Wildman–Crippen LogP) is 5.34. The number of rotatable bonds is 3. The molecule has 0 saturated heterocycles. The number of nitrogens with one attached hydrogen (secondary N) is 2. The molecule has 0 fully saturated rings. The van der Waals surface area contributed by atoms with E-state index < -0.39 is 0 Å². The van der Waals surface area contributed by atoms with Crippen molar-refractivity contribution in [2.75, 3.05) is 5.32 Å². The van der Waals surface area contributed by atoms with E-state index in [-0.39, 0.29) is 17.4 Å². The van der Waals surface area contributed by atoms with Crippen molar-refractivity contribution in [1.29, 1.82) is 0 Å². The van der Waals surface area contributed by atoms with Gasteiger partial charge in [-0.15, -0.1) is 11.3 Å². The van der Waals surface area contributed by atoms with Crippen LogP contribution in [0.15, 0.2) is 48.5 Å². The number of anilines is 1. The van der Waals surface area contributed by atoms with Gasteiger partial charge in [0.25, 0.3) is 11.8 Å². The monoisotopic (exact) mass is 386 g/mol. The van der Waals surface area contributed by atoms with E-state index in [4.69, 9.17) is 11.6 Å². The summed E-state index contributed by atoms with van der Waals surface area (Å²) in [5, 5.41) is 7.01. The number of carbonyl (C=O) groups is 2. The summed E-state index contributed by atoms with van der Waals surface area (Å²) in [5.74, 6) is -0.567. The Morgan fingerprint density at radius 2 is 1.62 bits per heavy atom. The number of hydrogen-bond donors (Lipinski definition) is 2. The van der Waals surface area contributed by atoms with Gasteiger partial charge in [0.15, 0.2) is 0 Å². The molecule has 4 nitrogen and oxygen atoms in total. The van der Waals surface area contributed by atoms with E-state index >= 15 is 0 Å². The summed E-state index contributed by atoms with van der Waals surface area (Å²) in [6.07, 6.45) is 0. The van der Waals surface area contributed by atoms with E-state index in [1.165, 1.54) is 11.3 Å². The van der Waals surface area contributed by atoms with Crippen LogP contribution < -0.4 is 10.6 Å². The Balaban J connectivity index is 1.90. The van der Waals surface area contributed by atoms with Crippen molar-refractivity contribution in [2.24, 2.45) is 0 Å². The lowest BCUT2D eigenvalue weighted by atomic mass is 10.1. The van der Waals surface area contributed by atoms with Crippen LogP contribution in [0, 0.1) is 0 Å². The summed E-state index contributed by atoms with van der Waals surface area (Å²) in [6, 6.07) is 14.5. The van der Waals surface area contributed by atoms with Gasteiger partial charge in [0.1, 0.15) is 4.88 Å². The molecule has 0 aliphatic rings. The third-order valence-electron chi connectivity index (χ3n) is 3.65. The van der Waals surface area contributed by atoms with Gasteiger partial charge >= 0.3 is 0 Å². The zero-order valence-electron chi connectivity index (χ0n) is 14.7. The summed E-state index contributed by atoms with van der Waals surface area (Å²) in [7, 11) is 0. The van der Waals surface area contributed by atoms with E-state index in [1.54, 1.807) is 24.3 Å². The highest BCUT2D eigenvalue weighted by atomic mass is 35.5. The molecular weight excluding hydrogens is 368 g/mol. The molecule has 2 amide bonds. The first-order valence-electron chi connectivity index (χ1n) is 8.16. The zero-order chi connectivity index (χ0) is 18.9. The van der Waals surface area contributed by atoms with Crippen molar-refractivity contribution in [3.8, 4) is 0 Å². The summed E-state index contributed by atoms with van der Waals surface area (Å²) >= 11 is 7.71. The Hall–Kier alpha value is -2.37. The van der Waals surface area contributed by atoms with Crippen LogP contribution >= 0.6 is 22.9 Å². The summed E-state index contributed by atoms with van der Waals surface area (Å²) in [4.78, 5) is 25.7. The number of amides is 2. The highest BCUT2D eigenvalue weighted by Gasteiger charge is 2.21. The van der Waals surface area contributed by atoms with Crippen LogP contribution in [0.3, 0.4) is 0 Å². The molecule has 134 valence electrons. The Labute approximate surface area is 161 Å². The van der Waals surface area contributed by atoms with E-state index in [1.807, 2.05) is 45.0 Å². The highest BCUT2D eigenvalue weighted by molar-refractivity contribution is 7.21. The van der Waals surface area contributed by atoms with Gasteiger partial charge in [-0.1, -0.05) is 41.9 Å². The van der Waals surface area contributed by atoms with Gasteiger partial charge in [0.05, 0.1) is 16.3 Å². The quantitative estimate of drug-likeness (QED) is 0.638. The van der Waals surface area contributed by atoms with Crippen LogP contribution in [-0.2, 0) is 0 Å². The predicted molar refractivity (Wildman–Crippen MR) is 108 cm³/mol. The molecule has 3 aromatic rings. The molecule has 0 bridgehead atoms. The van der Waals surface area contributed by atoms with E-state index in [0.29, 0.717) is 21.2 Å². The number of hydrogen-bond acceptors (Lipinski definition) is 3. The smallest absolute Gasteiger partial charge is 0.267 e. The minimum absolute atomic E-state index is 0.240. The molecule has 6 heteroatoms. The molecule has 0 saturated carbocycles. The molecular formula is C20H19ClN2O2S. The number of carbonyl (C=O) groups excluding carboxylic acids is 2. The van der Waals surface area contributed by atoms with Gasteiger partial charge < -0.3 is 10.6 Å².